The molecule has 0 bridgehead atoms. The third-order valence-electron chi connectivity index (χ3n) is 3.74. The van der Waals surface area contributed by atoms with Crippen LogP contribution < -0.4 is 0 Å². The Hall–Kier alpha value is -0.930. The van der Waals surface area contributed by atoms with Crippen molar-refractivity contribution in [2.24, 2.45) is 17.3 Å². The Labute approximate surface area is 89.1 Å². The fraction of sp³-hybridized carbons (Fsp3) is 0.818. The summed E-state index contributed by atoms with van der Waals surface area (Å²) in [6.45, 7) is 2.83. The molecular formula is C11H17FN2O. The minimum Gasteiger partial charge on any atom is -0.341 e. The van der Waals surface area contributed by atoms with Crippen LogP contribution in [0.1, 0.15) is 19.8 Å². The fourth-order valence-corrected chi connectivity index (χ4v) is 2.27. The van der Waals surface area contributed by atoms with Crippen LogP contribution in [0.25, 0.3) is 0 Å². The van der Waals surface area contributed by atoms with Gasteiger partial charge < -0.3 is 10.3 Å². The molecule has 3 nitrogen and oxygen atoms in total. The molecule has 15 heavy (non-hydrogen) atoms. The molecule has 0 aromatic heterocycles. The molecule has 1 N–H and O–H groups in total. The van der Waals surface area contributed by atoms with Gasteiger partial charge in [0.25, 0.3) is 0 Å². The summed E-state index contributed by atoms with van der Waals surface area (Å²) in [5.41, 5.74) is -0.509. The maximum absolute atomic E-state index is 12.6. The lowest BCUT2D eigenvalue weighted by Gasteiger charge is -2.20. The number of hydrogen-bond donors (Lipinski definition) is 1. The Kier molecular flexibility index (Phi) is 2.52. The van der Waals surface area contributed by atoms with E-state index in [1.807, 2.05) is 6.92 Å². The van der Waals surface area contributed by atoms with E-state index in [9.17, 15) is 9.18 Å². The molecule has 1 saturated carbocycles. The van der Waals surface area contributed by atoms with Gasteiger partial charge >= 0.3 is 0 Å². The molecule has 1 aliphatic carbocycles. The highest BCUT2D eigenvalue weighted by Gasteiger charge is 2.51. The first-order chi connectivity index (χ1) is 7.13. The van der Waals surface area contributed by atoms with Gasteiger partial charge in [0.15, 0.2) is 0 Å². The maximum Gasteiger partial charge on any atom is 0.234 e. The molecule has 2 fully saturated rings. The molecule has 0 aromatic carbocycles. The second kappa shape index (κ2) is 3.58. The zero-order valence-electron chi connectivity index (χ0n) is 9.00. The number of halogens is 1. The molecule has 2 unspecified atom stereocenters. The van der Waals surface area contributed by atoms with Gasteiger partial charge in [-0.3, -0.25) is 9.18 Å². The molecule has 0 radical (unpaired) electrons. The largest absolute Gasteiger partial charge is 0.341 e. The molecule has 1 aliphatic heterocycles. The summed E-state index contributed by atoms with van der Waals surface area (Å²) >= 11 is 0. The minimum atomic E-state index is -0.509. The number of rotatable bonds is 3. The Morgan fingerprint density at radius 3 is 2.67 bits per heavy atom. The number of hydrogen-bond acceptors (Lipinski definition) is 2. The van der Waals surface area contributed by atoms with Crippen LogP contribution in [0.5, 0.6) is 0 Å². The summed E-state index contributed by atoms with van der Waals surface area (Å²) in [5, 5.41) is 7.26. The molecule has 2 rings (SSSR count). The summed E-state index contributed by atoms with van der Waals surface area (Å²) in [6, 6.07) is 0. The van der Waals surface area contributed by atoms with Crippen molar-refractivity contribution < 1.29 is 9.18 Å². The van der Waals surface area contributed by atoms with E-state index in [1.165, 1.54) is 6.21 Å². The number of carbonyl (C=O) groups excluding carboxylic acids is 1. The van der Waals surface area contributed by atoms with Crippen molar-refractivity contribution in [3.8, 4) is 0 Å². The highest BCUT2D eigenvalue weighted by Crippen LogP contribution is 2.46. The zero-order valence-corrected chi connectivity index (χ0v) is 9.00. The third kappa shape index (κ3) is 1.66. The highest BCUT2D eigenvalue weighted by atomic mass is 19.1. The van der Waals surface area contributed by atoms with E-state index in [0.29, 0.717) is 13.1 Å². The normalized spacial score (nSPS) is 32.8. The lowest BCUT2D eigenvalue weighted by atomic mass is 10.0. The highest BCUT2D eigenvalue weighted by molar-refractivity contribution is 6.00. The van der Waals surface area contributed by atoms with E-state index < -0.39 is 5.41 Å². The van der Waals surface area contributed by atoms with Crippen molar-refractivity contribution in [2.45, 2.75) is 19.8 Å². The van der Waals surface area contributed by atoms with Crippen LogP contribution in [0.4, 0.5) is 4.39 Å². The Morgan fingerprint density at radius 1 is 1.60 bits per heavy atom. The minimum absolute atomic E-state index is 0.00418. The number of likely N-dealkylation sites (tertiary alicyclic amines) is 1. The quantitative estimate of drug-likeness (QED) is 0.707. The molecule has 2 aliphatic rings. The second-order valence-corrected chi connectivity index (χ2v) is 4.90. The first-order valence-electron chi connectivity index (χ1n) is 5.50. The van der Waals surface area contributed by atoms with Gasteiger partial charge in [0.1, 0.15) is 0 Å². The van der Waals surface area contributed by atoms with Crippen molar-refractivity contribution in [3.63, 3.8) is 0 Å². The van der Waals surface area contributed by atoms with E-state index in [0.717, 1.165) is 12.8 Å². The van der Waals surface area contributed by atoms with Crippen molar-refractivity contribution in [3.05, 3.63) is 0 Å². The van der Waals surface area contributed by atoms with E-state index in [1.54, 1.807) is 4.90 Å². The van der Waals surface area contributed by atoms with Crippen LogP contribution in [0.3, 0.4) is 0 Å². The maximum atomic E-state index is 12.6. The average molecular weight is 212 g/mol. The summed E-state index contributed by atoms with van der Waals surface area (Å²) < 4.78 is 12.6. The van der Waals surface area contributed by atoms with Crippen LogP contribution in [0, 0.1) is 22.7 Å². The molecular weight excluding hydrogens is 195 g/mol. The van der Waals surface area contributed by atoms with E-state index >= 15 is 0 Å². The third-order valence-corrected chi connectivity index (χ3v) is 3.74. The summed E-state index contributed by atoms with van der Waals surface area (Å²) in [4.78, 5) is 13.8. The van der Waals surface area contributed by atoms with Gasteiger partial charge in [-0.2, -0.15) is 0 Å². The molecule has 0 aromatic rings. The Bertz CT molecular complexity index is 288. The van der Waals surface area contributed by atoms with Crippen LogP contribution in [-0.4, -0.2) is 36.8 Å². The fourth-order valence-electron chi connectivity index (χ4n) is 2.27. The number of alkyl halides is 1. The molecule has 84 valence electrons. The summed E-state index contributed by atoms with van der Waals surface area (Å²) in [7, 11) is 0. The van der Waals surface area contributed by atoms with E-state index in [2.05, 4.69) is 0 Å². The van der Waals surface area contributed by atoms with Crippen LogP contribution >= 0.6 is 0 Å². The average Bonchev–Trinajstić information content (AvgIpc) is 2.96. The van der Waals surface area contributed by atoms with Crippen molar-refractivity contribution in [1.82, 2.24) is 4.90 Å². The first kappa shape index (κ1) is 10.6. The smallest absolute Gasteiger partial charge is 0.234 e. The van der Waals surface area contributed by atoms with Crippen molar-refractivity contribution in [2.75, 3.05) is 19.8 Å². The van der Waals surface area contributed by atoms with Gasteiger partial charge in [-0.1, -0.05) is 6.92 Å². The molecule has 4 heteroatoms. The Balaban J connectivity index is 2.01. The van der Waals surface area contributed by atoms with Gasteiger partial charge in [0.2, 0.25) is 5.91 Å². The lowest BCUT2D eigenvalue weighted by molar-refractivity contribution is -0.133. The second-order valence-electron chi connectivity index (χ2n) is 4.90. The first-order valence-corrected chi connectivity index (χ1v) is 5.50. The van der Waals surface area contributed by atoms with E-state index in [-0.39, 0.29) is 24.4 Å². The topological polar surface area (TPSA) is 44.2 Å². The zero-order chi connectivity index (χ0) is 11.1. The van der Waals surface area contributed by atoms with Gasteiger partial charge in [-0.15, -0.1) is 0 Å². The Morgan fingerprint density at radius 2 is 2.27 bits per heavy atom. The van der Waals surface area contributed by atoms with Crippen LogP contribution in [0.15, 0.2) is 0 Å². The van der Waals surface area contributed by atoms with Gasteiger partial charge in [-0.25, -0.2) is 0 Å². The molecule has 2 atom stereocenters. The molecule has 1 heterocycles. The van der Waals surface area contributed by atoms with Crippen molar-refractivity contribution >= 4 is 12.1 Å². The lowest BCUT2D eigenvalue weighted by Crippen LogP contribution is -2.36. The summed E-state index contributed by atoms with van der Waals surface area (Å²) in [6.07, 6.45) is 2.85. The predicted molar refractivity (Wildman–Crippen MR) is 55.7 cm³/mol. The number of nitrogens with zero attached hydrogens (tertiary/aromatic N) is 1. The van der Waals surface area contributed by atoms with Gasteiger partial charge in [0.05, 0.1) is 12.1 Å². The monoisotopic (exact) mass is 212 g/mol. The van der Waals surface area contributed by atoms with Crippen LogP contribution in [0.2, 0.25) is 0 Å². The molecule has 1 amide bonds. The number of amides is 1. The summed E-state index contributed by atoms with van der Waals surface area (Å²) in [5.74, 6) is 0.288. The number of nitrogens with one attached hydrogen (secondary N) is 1. The van der Waals surface area contributed by atoms with Crippen molar-refractivity contribution in [1.29, 1.82) is 5.41 Å². The van der Waals surface area contributed by atoms with Crippen LogP contribution in [-0.2, 0) is 4.79 Å². The van der Waals surface area contributed by atoms with Gasteiger partial charge in [0, 0.05) is 25.2 Å². The SMILES string of the molecule is CC1CN(C(=O)C2(C=N)CC2)CC1CF. The molecule has 1 saturated heterocycles. The predicted octanol–water partition coefficient (Wildman–Crippen LogP) is 1.48. The number of carbonyl (C=O) groups is 1. The van der Waals surface area contributed by atoms with Gasteiger partial charge in [-0.05, 0) is 18.8 Å². The molecule has 0 spiro atoms. The van der Waals surface area contributed by atoms with E-state index in [4.69, 9.17) is 5.41 Å². The standard InChI is InChI=1S/C11H17FN2O/c1-8-5-14(6-9(8)4-12)10(15)11(7-13)2-3-11/h7-9,13H,2-6H2,1H3.